The second-order valence-corrected chi connectivity index (χ2v) is 6.47. The summed E-state index contributed by atoms with van der Waals surface area (Å²) in [6.45, 7) is 0.829. The maximum absolute atomic E-state index is 12.7. The van der Waals surface area contributed by atoms with E-state index in [1.807, 2.05) is 0 Å². The number of anilines is 2. The number of carbonyl (C=O) groups is 4. The molecule has 0 saturated carbocycles. The van der Waals surface area contributed by atoms with Crippen molar-refractivity contribution in [2.45, 2.75) is 25.9 Å². The molecule has 0 aliphatic rings. The molecule has 0 aliphatic carbocycles. The van der Waals surface area contributed by atoms with Crippen LogP contribution in [0, 0.1) is 0 Å². The molecule has 0 fully saturated rings. The molecule has 31 heavy (non-hydrogen) atoms. The summed E-state index contributed by atoms with van der Waals surface area (Å²) in [6.07, 6.45) is -5.23. The summed E-state index contributed by atoms with van der Waals surface area (Å²) in [5.41, 5.74) is -0.0747. The average Bonchev–Trinajstić information content (AvgIpc) is 2.70. The van der Waals surface area contributed by atoms with Crippen LogP contribution in [0.2, 0.25) is 0 Å². The molecule has 0 spiro atoms. The highest BCUT2D eigenvalue weighted by molar-refractivity contribution is 5.96. The summed E-state index contributed by atoms with van der Waals surface area (Å²) in [5.74, 6) is -2.23. The number of alkyl halides is 3. The van der Waals surface area contributed by atoms with Gasteiger partial charge in [0.05, 0.1) is 12.0 Å². The number of hydrogen-bond acceptors (Lipinski definition) is 5. The van der Waals surface area contributed by atoms with Crippen LogP contribution in [0.1, 0.15) is 35.7 Å². The minimum absolute atomic E-state index is 0.0524. The van der Waals surface area contributed by atoms with Crippen LogP contribution < -0.4 is 10.6 Å². The number of hydrogen-bond donors (Lipinski definition) is 2. The van der Waals surface area contributed by atoms with Crippen LogP contribution in [-0.4, -0.2) is 30.2 Å². The first-order chi connectivity index (χ1) is 14.5. The Labute approximate surface area is 175 Å². The molecule has 2 aromatic rings. The van der Waals surface area contributed by atoms with Crippen molar-refractivity contribution < 1.29 is 37.1 Å². The van der Waals surface area contributed by atoms with Gasteiger partial charge in [-0.25, -0.2) is 0 Å². The number of ketones is 1. The first-order valence-electron chi connectivity index (χ1n) is 9.08. The van der Waals surface area contributed by atoms with E-state index in [0.29, 0.717) is 11.3 Å². The summed E-state index contributed by atoms with van der Waals surface area (Å²) in [6, 6.07) is 10.2. The summed E-state index contributed by atoms with van der Waals surface area (Å²) < 4.78 is 42.8. The lowest BCUT2D eigenvalue weighted by atomic mass is 10.1. The van der Waals surface area contributed by atoms with Crippen LogP contribution in [0.3, 0.4) is 0 Å². The van der Waals surface area contributed by atoms with Gasteiger partial charge in [-0.2, -0.15) is 13.2 Å². The maximum atomic E-state index is 12.7. The lowest BCUT2D eigenvalue weighted by Crippen LogP contribution is -2.21. The predicted molar refractivity (Wildman–Crippen MR) is 105 cm³/mol. The molecule has 2 rings (SSSR count). The smallest absolute Gasteiger partial charge is 0.416 e. The Balaban J connectivity index is 1.73. The molecule has 7 nitrogen and oxygen atoms in total. The highest BCUT2D eigenvalue weighted by Gasteiger charge is 2.30. The molecule has 0 saturated heterocycles. The Bertz CT molecular complexity index is 972. The van der Waals surface area contributed by atoms with E-state index in [-0.39, 0.29) is 24.3 Å². The van der Waals surface area contributed by atoms with Gasteiger partial charge >= 0.3 is 12.1 Å². The molecular weight excluding hydrogens is 417 g/mol. The van der Waals surface area contributed by atoms with E-state index < -0.39 is 36.1 Å². The van der Waals surface area contributed by atoms with Gasteiger partial charge in [-0.3, -0.25) is 19.2 Å². The first-order valence-corrected chi connectivity index (χ1v) is 9.08. The van der Waals surface area contributed by atoms with Gasteiger partial charge in [-0.05, 0) is 49.4 Å². The number of benzene rings is 2. The van der Waals surface area contributed by atoms with Crippen LogP contribution in [0.5, 0.6) is 0 Å². The topological polar surface area (TPSA) is 102 Å². The van der Waals surface area contributed by atoms with Gasteiger partial charge in [-0.15, -0.1) is 0 Å². The predicted octanol–water partition coefficient (Wildman–Crippen LogP) is 3.81. The molecule has 0 aromatic heterocycles. The van der Waals surface area contributed by atoms with Crippen molar-refractivity contribution in [1.29, 1.82) is 0 Å². The van der Waals surface area contributed by atoms with E-state index >= 15 is 0 Å². The third-order valence-corrected chi connectivity index (χ3v) is 3.97. The quantitative estimate of drug-likeness (QED) is 0.484. The van der Waals surface area contributed by atoms with Crippen LogP contribution in [0.25, 0.3) is 0 Å². The Hall–Kier alpha value is -3.69. The number of carbonyl (C=O) groups excluding carboxylic acids is 4. The minimum Gasteiger partial charge on any atom is -0.456 e. The molecule has 0 heterocycles. The molecule has 0 atom stereocenters. The number of nitrogens with one attached hydrogen (secondary N) is 2. The fraction of sp³-hybridized carbons (Fsp3) is 0.238. The molecule has 0 aliphatic heterocycles. The lowest BCUT2D eigenvalue weighted by Gasteiger charge is -2.10. The summed E-state index contributed by atoms with van der Waals surface area (Å²) in [4.78, 5) is 46.5. The lowest BCUT2D eigenvalue weighted by molar-refractivity contribution is -0.147. The zero-order valence-electron chi connectivity index (χ0n) is 16.4. The van der Waals surface area contributed by atoms with E-state index in [2.05, 4.69) is 10.6 Å². The number of ether oxygens (including phenoxy) is 1. The van der Waals surface area contributed by atoms with Crippen LogP contribution in [0.15, 0.2) is 48.5 Å². The van der Waals surface area contributed by atoms with Gasteiger partial charge in [0, 0.05) is 23.4 Å². The monoisotopic (exact) mass is 436 g/mol. The summed E-state index contributed by atoms with van der Waals surface area (Å²) in [5, 5.41) is 4.75. The van der Waals surface area contributed by atoms with Gasteiger partial charge in [-0.1, -0.05) is 6.07 Å². The minimum atomic E-state index is -4.54. The van der Waals surface area contributed by atoms with Gasteiger partial charge in [0.15, 0.2) is 12.4 Å². The highest BCUT2D eigenvalue weighted by Crippen LogP contribution is 2.30. The number of esters is 1. The molecule has 164 valence electrons. The van der Waals surface area contributed by atoms with Gasteiger partial charge < -0.3 is 15.4 Å². The second kappa shape index (κ2) is 10.4. The largest absolute Gasteiger partial charge is 0.456 e. The van der Waals surface area contributed by atoms with Gasteiger partial charge in [0.1, 0.15) is 0 Å². The van der Waals surface area contributed by atoms with Crippen LogP contribution >= 0.6 is 0 Å². The summed E-state index contributed by atoms with van der Waals surface area (Å²) in [7, 11) is 0. The average molecular weight is 436 g/mol. The molecule has 2 aromatic carbocycles. The van der Waals surface area contributed by atoms with E-state index in [1.54, 1.807) is 0 Å². The van der Waals surface area contributed by atoms with Gasteiger partial charge in [0.2, 0.25) is 5.91 Å². The van der Waals surface area contributed by atoms with Crippen molar-refractivity contribution in [3.63, 3.8) is 0 Å². The van der Waals surface area contributed by atoms with E-state index in [1.165, 1.54) is 37.3 Å². The highest BCUT2D eigenvalue weighted by atomic mass is 19.4. The number of amides is 2. The molecule has 0 bridgehead atoms. The Morgan fingerprint density at radius 1 is 0.871 bits per heavy atom. The SMILES string of the molecule is CC(=O)c1ccc(NC(=O)COC(=O)CCC(=O)Nc2cccc(C(F)(F)F)c2)cc1. The maximum Gasteiger partial charge on any atom is 0.416 e. The van der Waals surface area contributed by atoms with Crippen molar-refractivity contribution in [2.24, 2.45) is 0 Å². The fourth-order valence-corrected chi connectivity index (χ4v) is 2.42. The number of halogens is 3. The van der Waals surface area contributed by atoms with E-state index in [0.717, 1.165) is 18.2 Å². The molecule has 0 unspecified atom stereocenters. The van der Waals surface area contributed by atoms with Crippen molar-refractivity contribution in [1.82, 2.24) is 0 Å². The van der Waals surface area contributed by atoms with Crippen molar-refractivity contribution in [3.05, 3.63) is 59.7 Å². The molecular formula is C21H19F3N2O5. The van der Waals surface area contributed by atoms with Gasteiger partial charge in [0.25, 0.3) is 5.91 Å². The van der Waals surface area contributed by atoms with Crippen molar-refractivity contribution in [2.75, 3.05) is 17.2 Å². The van der Waals surface area contributed by atoms with Crippen molar-refractivity contribution >= 4 is 34.9 Å². The van der Waals surface area contributed by atoms with E-state index in [4.69, 9.17) is 4.74 Å². The normalized spacial score (nSPS) is 10.8. The van der Waals surface area contributed by atoms with Crippen molar-refractivity contribution in [3.8, 4) is 0 Å². The third kappa shape index (κ3) is 7.92. The molecule has 2 amide bonds. The first kappa shape index (κ1) is 23.6. The third-order valence-electron chi connectivity index (χ3n) is 3.97. The van der Waals surface area contributed by atoms with E-state index in [9.17, 15) is 32.3 Å². The zero-order chi connectivity index (χ0) is 23.0. The standard InChI is InChI=1S/C21H19F3N2O5/c1-13(27)14-5-7-16(8-6-14)25-19(29)12-31-20(30)10-9-18(28)26-17-4-2-3-15(11-17)21(22,23)24/h2-8,11H,9-10,12H2,1H3,(H,25,29)(H,26,28). The zero-order valence-corrected chi connectivity index (χ0v) is 16.4. The summed E-state index contributed by atoms with van der Waals surface area (Å²) >= 11 is 0. The molecule has 2 N–H and O–H groups in total. The molecule has 10 heteroatoms. The Morgan fingerprint density at radius 3 is 2.13 bits per heavy atom. The Morgan fingerprint density at radius 2 is 1.52 bits per heavy atom. The fourth-order valence-electron chi connectivity index (χ4n) is 2.42. The van der Waals surface area contributed by atoms with Crippen LogP contribution in [0.4, 0.5) is 24.5 Å². The molecule has 0 radical (unpaired) electrons. The second-order valence-electron chi connectivity index (χ2n) is 6.47. The number of Topliss-reactive ketones (excluding diaryl/α,β-unsaturated/α-hetero) is 1. The Kier molecular flexibility index (Phi) is 7.89. The number of rotatable bonds is 8. The van der Waals surface area contributed by atoms with Crippen LogP contribution in [-0.2, 0) is 25.3 Å².